The zero-order valence-corrected chi connectivity index (χ0v) is 16.5. The number of hydrogen-bond donors (Lipinski definition) is 0. The van der Waals surface area contributed by atoms with Crippen molar-refractivity contribution in [1.82, 2.24) is 4.40 Å². The predicted octanol–water partition coefficient (Wildman–Crippen LogP) is 6.34. The second-order valence-electron chi connectivity index (χ2n) is 7.75. The molecule has 28 heavy (non-hydrogen) atoms. The van der Waals surface area contributed by atoms with Crippen LogP contribution in [0.5, 0.6) is 0 Å². The van der Waals surface area contributed by atoms with Crippen molar-refractivity contribution in [3.8, 4) is 0 Å². The molecule has 2 nitrogen and oxygen atoms in total. The standard InChI is InChI=1S/C25H17N2S/c1-14-6-5-9-19-21(14)24-22-17(25-20(26(24)2)12-13-28-25)11-10-16-15-7-3-4-8-18(15)27(19)23(16)22/h3-13H,1-2H3/q+1. The van der Waals surface area contributed by atoms with Gasteiger partial charge in [-0.25, -0.2) is 0 Å². The molecule has 0 aliphatic rings. The lowest BCUT2D eigenvalue weighted by Crippen LogP contribution is -2.30. The van der Waals surface area contributed by atoms with Crippen molar-refractivity contribution in [1.29, 1.82) is 0 Å². The SMILES string of the molecule is Cc1cccc2c1c1c3c(ccc4c5ccccc5n2c43)c2sccc2[n+]1C. The Morgan fingerprint density at radius 1 is 0.786 bits per heavy atom. The van der Waals surface area contributed by atoms with E-state index in [1.807, 2.05) is 11.3 Å². The number of fused-ring (bicyclic) bond motifs is 8. The number of pyridine rings is 2. The topological polar surface area (TPSA) is 8.29 Å². The first-order chi connectivity index (χ1) is 13.8. The lowest BCUT2D eigenvalue weighted by Gasteiger charge is -2.13. The van der Waals surface area contributed by atoms with Gasteiger partial charge in [0.1, 0.15) is 11.7 Å². The monoisotopic (exact) mass is 377 g/mol. The number of benzene rings is 3. The van der Waals surface area contributed by atoms with E-state index in [2.05, 4.69) is 89.0 Å². The van der Waals surface area contributed by atoms with Crippen LogP contribution in [0, 0.1) is 6.92 Å². The molecule has 0 saturated heterocycles. The molecule has 0 atom stereocenters. The van der Waals surface area contributed by atoms with E-state index in [4.69, 9.17) is 0 Å². The summed E-state index contributed by atoms with van der Waals surface area (Å²) >= 11 is 1.84. The summed E-state index contributed by atoms with van der Waals surface area (Å²) in [6.45, 7) is 2.24. The summed E-state index contributed by atoms with van der Waals surface area (Å²) in [5.74, 6) is 0. The van der Waals surface area contributed by atoms with Gasteiger partial charge in [0.15, 0.2) is 0 Å². The van der Waals surface area contributed by atoms with E-state index in [9.17, 15) is 0 Å². The van der Waals surface area contributed by atoms with Crippen LogP contribution in [0.1, 0.15) is 5.56 Å². The number of hydrogen-bond acceptors (Lipinski definition) is 1. The van der Waals surface area contributed by atoms with Crippen LogP contribution < -0.4 is 4.57 Å². The minimum Gasteiger partial charge on any atom is -0.307 e. The molecule has 0 radical (unpaired) electrons. The van der Waals surface area contributed by atoms with Crippen LogP contribution >= 0.6 is 11.3 Å². The molecule has 0 saturated carbocycles. The molecule has 7 aromatic rings. The molecule has 0 spiro atoms. The Morgan fingerprint density at radius 3 is 2.54 bits per heavy atom. The van der Waals surface area contributed by atoms with Crippen LogP contribution in [0.3, 0.4) is 0 Å². The van der Waals surface area contributed by atoms with Gasteiger partial charge in [0.2, 0.25) is 11.0 Å². The maximum Gasteiger partial charge on any atom is 0.225 e. The van der Waals surface area contributed by atoms with Crippen molar-refractivity contribution < 1.29 is 4.57 Å². The Hall–Kier alpha value is -3.17. The van der Waals surface area contributed by atoms with Crippen LogP contribution in [0.15, 0.2) is 66.0 Å². The molecule has 0 aliphatic heterocycles. The van der Waals surface area contributed by atoms with E-state index in [0.717, 1.165) is 0 Å². The lowest BCUT2D eigenvalue weighted by atomic mass is 9.99. The number of aromatic nitrogens is 2. The first kappa shape index (κ1) is 14.8. The molecule has 132 valence electrons. The molecule has 0 amide bonds. The summed E-state index contributed by atoms with van der Waals surface area (Å²) in [7, 11) is 2.22. The van der Waals surface area contributed by atoms with E-state index < -0.39 is 0 Å². The molecule has 0 aliphatic carbocycles. The quantitative estimate of drug-likeness (QED) is 0.166. The molecule has 0 fully saturated rings. The first-order valence-corrected chi connectivity index (χ1v) is 10.5. The Morgan fingerprint density at radius 2 is 1.61 bits per heavy atom. The van der Waals surface area contributed by atoms with Gasteiger partial charge < -0.3 is 4.40 Å². The fourth-order valence-electron chi connectivity index (χ4n) is 5.23. The molecule has 4 heterocycles. The smallest absolute Gasteiger partial charge is 0.225 e. The molecule has 0 bridgehead atoms. The lowest BCUT2D eigenvalue weighted by molar-refractivity contribution is -0.616. The number of rotatable bonds is 0. The van der Waals surface area contributed by atoms with Gasteiger partial charge in [-0.15, -0.1) is 11.3 Å². The number of aryl methyl sites for hydroxylation is 2. The van der Waals surface area contributed by atoms with Crippen LogP contribution in [0.2, 0.25) is 0 Å². The average Bonchev–Trinajstić information content (AvgIpc) is 3.33. The van der Waals surface area contributed by atoms with E-state index in [0.29, 0.717) is 0 Å². The number of para-hydroxylation sites is 1. The summed E-state index contributed by atoms with van der Waals surface area (Å²) in [5.41, 5.74) is 7.90. The number of nitrogens with zero attached hydrogens (tertiary/aromatic N) is 2. The fourth-order valence-corrected chi connectivity index (χ4v) is 6.19. The van der Waals surface area contributed by atoms with Gasteiger partial charge in [-0.2, -0.15) is 4.57 Å². The summed E-state index contributed by atoms with van der Waals surface area (Å²) < 4.78 is 6.26. The molecule has 0 unspecified atom stereocenters. The van der Waals surface area contributed by atoms with Gasteiger partial charge in [-0.05, 0) is 30.0 Å². The van der Waals surface area contributed by atoms with Crippen molar-refractivity contribution in [2.45, 2.75) is 6.92 Å². The van der Waals surface area contributed by atoms with Gasteiger partial charge in [-0.1, -0.05) is 42.5 Å². The van der Waals surface area contributed by atoms with Gasteiger partial charge in [0.05, 0.1) is 27.3 Å². The second-order valence-corrected chi connectivity index (χ2v) is 8.66. The number of thiophene rings is 1. The van der Waals surface area contributed by atoms with Crippen molar-refractivity contribution in [2.24, 2.45) is 7.05 Å². The van der Waals surface area contributed by atoms with E-state index in [1.165, 1.54) is 64.8 Å². The highest BCUT2D eigenvalue weighted by Gasteiger charge is 2.26. The highest BCUT2D eigenvalue weighted by atomic mass is 32.1. The minimum atomic E-state index is 1.29. The third-order valence-electron chi connectivity index (χ3n) is 6.39. The third kappa shape index (κ3) is 1.51. The molecule has 7 rings (SSSR count). The summed E-state index contributed by atoms with van der Waals surface area (Å²) in [4.78, 5) is 0. The molecule has 3 heteroatoms. The first-order valence-electron chi connectivity index (χ1n) is 9.61. The predicted molar refractivity (Wildman–Crippen MR) is 120 cm³/mol. The molecule has 4 aromatic heterocycles. The Balaban J connectivity index is 2.04. The summed E-state index contributed by atoms with van der Waals surface area (Å²) in [6, 6.07) is 22.4. The van der Waals surface area contributed by atoms with Crippen LogP contribution in [-0.4, -0.2) is 4.40 Å². The van der Waals surface area contributed by atoms with E-state index in [-0.39, 0.29) is 0 Å². The average molecular weight is 377 g/mol. The fraction of sp³-hybridized carbons (Fsp3) is 0.0800. The third-order valence-corrected chi connectivity index (χ3v) is 7.32. The van der Waals surface area contributed by atoms with Crippen LogP contribution in [-0.2, 0) is 7.05 Å². The maximum absolute atomic E-state index is 2.49. The summed E-state index contributed by atoms with van der Waals surface area (Å²) in [6.07, 6.45) is 0. The van der Waals surface area contributed by atoms with Crippen molar-refractivity contribution in [3.05, 3.63) is 71.6 Å². The largest absolute Gasteiger partial charge is 0.307 e. The van der Waals surface area contributed by atoms with E-state index >= 15 is 0 Å². The Kier molecular flexibility index (Phi) is 2.55. The normalized spacial score (nSPS) is 12.6. The van der Waals surface area contributed by atoms with Crippen molar-refractivity contribution >= 4 is 70.6 Å². The van der Waals surface area contributed by atoms with Crippen molar-refractivity contribution in [2.75, 3.05) is 0 Å². The Bertz CT molecular complexity index is 1730. The maximum atomic E-state index is 2.49. The second kappa shape index (κ2) is 4.81. The highest BCUT2D eigenvalue weighted by molar-refractivity contribution is 7.18. The summed E-state index contributed by atoms with van der Waals surface area (Å²) in [5, 5.41) is 8.98. The van der Waals surface area contributed by atoms with Gasteiger partial charge >= 0.3 is 0 Å². The zero-order valence-electron chi connectivity index (χ0n) is 15.7. The van der Waals surface area contributed by atoms with E-state index in [1.54, 1.807) is 0 Å². The van der Waals surface area contributed by atoms with Crippen LogP contribution in [0.4, 0.5) is 0 Å². The van der Waals surface area contributed by atoms with Gasteiger partial charge in [-0.3, -0.25) is 0 Å². The molecular weight excluding hydrogens is 360 g/mol. The van der Waals surface area contributed by atoms with Gasteiger partial charge in [0, 0.05) is 22.2 Å². The zero-order chi connectivity index (χ0) is 18.6. The molecule has 3 aromatic carbocycles. The van der Waals surface area contributed by atoms with Crippen LogP contribution in [0.25, 0.3) is 59.2 Å². The van der Waals surface area contributed by atoms with Gasteiger partial charge in [0.25, 0.3) is 0 Å². The highest BCUT2D eigenvalue weighted by Crippen LogP contribution is 2.43. The molecule has 0 N–H and O–H groups in total. The van der Waals surface area contributed by atoms with Crippen molar-refractivity contribution in [3.63, 3.8) is 0 Å². The molecular formula is C25H17N2S+. The minimum absolute atomic E-state index is 1.29. The Labute approximate surface area is 165 Å².